The summed E-state index contributed by atoms with van der Waals surface area (Å²) in [6.07, 6.45) is 3.09. The fraction of sp³-hybridized carbons (Fsp3) is 0.421. The Morgan fingerprint density at radius 1 is 1.20 bits per heavy atom. The zero-order valence-corrected chi connectivity index (χ0v) is 14.9. The minimum Gasteiger partial charge on any atom is -0.351 e. The Bertz CT molecular complexity index is 714. The molecule has 0 radical (unpaired) electrons. The highest BCUT2D eigenvalue weighted by molar-refractivity contribution is 5.92. The Kier molecular flexibility index (Phi) is 5.60. The van der Waals surface area contributed by atoms with Crippen molar-refractivity contribution in [3.8, 4) is 0 Å². The van der Waals surface area contributed by atoms with Crippen molar-refractivity contribution in [3.63, 3.8) is 0 Å². The van der Waals surface area contributed by atoms with Crippen molar-refractivity contribution >= 4 is 17.4 Å². The molecule has 0 atom stereocenters. The number of carbonyl (C=O) groups is 1. The number of nitrogens with one attached hydrogen (secondary N) is 1. The maximum Gasteiger partial charge on any atom is 0.271 e. The van der Waals surface area contributed by atoms with E-state index < -0.39 is 0 Å². The maximum absolute atomic E-state index is 12.1. The topological polar surface area (TPSA) is 61.4 Å². The number of amides is 1. The summed E-state index contributed by atoms with van der Waals surface area (Å²) in [5, 5.41) is 11.3. The van der Waals surface area contributed by atoms with Crippen LogP contribution >= 0.6 is 0 Å². The highest BCUT2D eigenvalue weighted by atomic mass is 16.1. The molecule has 1 aliphatic rings. The van der Waals surface area contributed by atoms with Crippen LogP contribution in [0.3, 0.4) is 0 Å². The Hall–Kier alpha value is -2.47. The average Bonchev–Trinajstić information content (AvgIpc) is 2.64. The molecule has 1 aromatic carbocycles. The van der Waals surface area contributed by atoms with Crippen molar-refractivity contribution in [2.45, 2.75) is 19.3 Å². The predicted molar refractivity (Wildman–Crippen MR) is 99.3 cm³/mol. The molecule has 0 saturated heterocycles. The van der Waals surface area contributed by atoms with E-state index in [-0.39, 0.29) is 5.91 Å². The van der Waals surface area contributed by atoms with Gasteiger partial charge in [0.15, 0.2) is 11.5 Å². The largest absolute Gasteiger partial charge is 0.351 e. The van der Waals surface area contributed by atoms with Gasteiger partial charge in [-0.3, -0.25) is 4.79 Å². The van der Waals surface area contributed by atoms with Gasteiger partial charge in [-0.2, -0.15) is 0 Å². The van der Waals surface area contributed by atoms with E-state index in [4.69, 9.17) is 0 Å². The number of aromatic nitrogens is 2. The van der Waals surface area contributed by atoms with Crippen LogP contribution in [0.1, 0.15) is 28.9 Å². The summed E-state index contributed by atoms with van der Waals surface area (Å²) in [7, 11) is 4.04. The summed E-state index contributed by atoms with van der Waals surface area (Å²) in [6, 6.07) is 12.0. The molecule has 132 valence electrons. The number of aryl methyl sites for hydroxylation is 1. The zero-order valence-electron chi connectivity index (χ0n) is 14.9. The lowest BCUT2D eigenvalue weighted by molar-refractivity contribution is 0.0946. The predicted octanol–water partition coefficient (Wildman–Crippen LogP) is 2.24. The maximum atomic E-state index is 12.1. The van der Waals surface area contributed by atoms with Crippen LogP contribution in [0.2, 0.25) is 0 Å². The zero-order chi connectivity index (χ0) is 17.6. The first-order chi connectivity index (χ1) is 12.1. The highest BCUT2D eigenvalue weighted by Gasteiger charge is 2.19. The molecule has 1 amide bonds. The molecule has 3 rings (SSSR count). The van der Waals surface area contributed by atoms with E-state index in [9.17, 15) is 4.79 Å². The number of rotatable bonds is 6. The fourth-order valence-electron chi connectivity index (χ4n) is 3.05. The first-order valence-corrected chi connectivity index (χ1v) is 8.77. The van der Waals surface area contributed by atoms with Crippen LogP contribution < -0.4 is 10.2 Å². The van der Waals surface area contributed by atoms with Gasteiger partial charge >= 0.3 is 0 Å². The summed E-state index contributed by atoms with van der Waals surface area (Å²) in [6.45, 7) is 2.50. The van der Waals surface area contributed by atoms with E-state index >= 15 is 0 Å². The van der Waals surface area contributed by atoms with Gasteiger partial charge in [0, 0.05) is 18.8 Å². The number of hydrogen-bond donors (Lipinski definition) is 1. The van der Waals surface area contributed by atoms with Gasteiger partial charge in [-0.25, -0.2) is 0 Å². The van der Waals surface area contributed by atoms with Crippen LogP contribution in [-0.2, 0) is 6.42 Å². The van der Waals surface area contributed by atoms with Gasteiger partial charge < -0.3 is 15.1 Å². The molecular formula is C19H25N5O. The smallest absolute Gasteiger partial charge is 0.271 e. The van der Waals surface area contributed by atoms with Gasteiger partial charge in [0.05, 0.1) is 0 Å². The lowest BCUT2D eigenvalue weighted by Gasteiger charge is -2.29. The van der Waals surface area contributed by atoms with Crippen LogP contribution in [0.5, 0.6) is 0 Å². The average molecular weight is 339 g/mol. The second-order valence-corrected chi connectivity index (χ2v) is 6.57. The lowest BCUT2D eigenvalue weighted by Crippen LogP contribution is -2.29. The quantitative estimate of drug-likeness (QED) is 0.818. The third-order valence-electron chi connectivity index (χ3n) is 4.34. The van der Waals surface area contributed by atoms with E-state index in [1.807, 2.05) is 26.2 Å². The standard InChI is InChI=1S/C19H25N5O/c1-23(2)13-6-12-20-19(25)16-10-11-18(22-21-16)24-14-5-8-15-7-3-4-9-17(15)24/h3-4,7,9-11H,5-6,8,12-14H2,1-2H3,(H,20,25). The monoisotopic (exact) mass is 339 g/mol. The Labute approximate surface area is 148 Å². The molecule has 0 spiro atoms. The fourth-order valence-corrected chi connectivity index (χ4v) is 3.05. The van der Waals surface area contributed by atoms with Crippen LogP contribution in [0.15, 0.2) is 36.4 Å². The van der Waals surface area contributed by atoms with Gasteiger partial charge in [0.1, 0.15) is 0 Å². The molecule has 6 heteroatoms. The highest BCUT2D eigenvalue weighted by Crippen LogP contribution is 2.31. The molecule has 0 bridgehead atoms. The molecule has 2 heterocycles. The first-order valence-electron chi connectivity index (χ1n) is 8.77. The molecular weight excluding hydrogens is 314 g/mol. The number of para-hydroxylation sites is 1. The Morgan fingerprint density at radius 2 is 2.04 bits per heavy atom. The van der Waals surface area contributed by atoms with E-state index in [2.05, 4.69) is 43.5 Å². The Morgan fingerprint density at radius 3 is 2.80 bits per heavy atom. The van der Waals surface area contributed by atoms with E-state index in [0.717, 1.165) is 38.2 Å². The van der Waals surface area contributed by atoms with Crippen molar-refractivity contribution in [1.29, 1.82) is 0 Å². The SMILES string of the molecule is CN(C)CCCNC(=O)c1ccc(N2CCCc3ccccc32)nn1. The van der Waals surface area contributed by atoms with Crippen LogP contribution in [0.4, 0.5) is 11.5 Å². The number of anilines is 2. The Balaban J connectivity index is 1.64. The number of hydrogen-bond acceptors (Lipinski definition) is 5. The number of nitrogens with zero attached hydrogens (tertiary/aromatic N) is 4. The van der Waals surface area contributed by atoms with Crippen LogP contribution in [-0.4, -0.2) is 54.7 Å². The molecule has 6 nitrogen and oxygen atoms in total. The van der Waals surface area contributed by atoms with Gasteiger partial charge in [0.25, 0.3) is 5.91 Å². The van der Waals surface area contributed by atoms with E-state index in [0.29, 0.717) is 12.2 Å². The third-order valence-corrected chi connectivity index (χ3v) is 4.34. The molecule has 2 aromatic rings. The second kappa shape index (κ2) is 8.07. The number of fused-ring (bicyclic) bond motifs is 1. The van der Waals surface area contributed by atoms with Crippen LogP contribution in [0, 0.1) is 0 Å². The van der Waals surface area contributed by atoms with Crippen molar-refractivity contribution in [1.82, 2.24) is 20.4 Å². The van der Waals surface area contributed by atoms with Gasteiger partial charge in [-0.15, -0.1) is 10.2 Å². The van der Waals surface area contributed by atoms with Crippen molar-refractivity contribution in [2.75, 3.05) is 38.6 Å². The lowest BCUT2D eigenvalue weighted by atomic mass is 10.0. The van der Waals surface area contributed by atoms with Gasteiger partial charge in [-0.1, -0.05) is 18.2 Å². The second-order valence-electron chi connectivity index (χ2n) is 6.57. The summed E-state index contributed by atoms with van der Waals surface area (Å²) in [4.78, 5) is 16.4. The van der Waals surface area contributed by atoms with E-state index in [1.54, 1.807) is 6.07 Å². The van der Waals surface area contributed by atoms with Crippen molar-refractivity contribution in [2.24, 2.45) is 0 Å². The minimum atomic E-state index is -0.170. The summed E-state index contributed by atoms with van der Waals surface area (Å²) >= 11 is 0. The number of benzene rings is 1. The summed E-state index contributed by atoms with van der Waals surface area (Å²) in [5.41, 5.74) is 2.88. The first kappa shape index (κ1) is 17.4. The minimum absolute atomic E-state index is 0.170. The molecule has 25 heavy (non-hydrogen) atoms. The van der Waals surface area contributed by atoms with Crippen molar-refractivity contribution in [3.05, 3.63) is 47.7 Å². The summed E-state index contributed by atoms with van der Waals surface area (Å²) in [5.74, 6) is 0.619. The molecule has 0 fully saturated rings. The third kappa shape index (κ3) is 4.33. The molecule has 0 unspecified atom stereocenters. The molecule has 1 aliphatic heterocycles. The normalized spacial score (nSPS) is 13.6. The summed E-state index contributed by atoms with van der Waals surface area (Å²) < 4.78 is 0. The molecule has 1 N–H and O–H groups in total. The van der Waals surface area contributed by atoms with Crippen molar-refractivity contribution < 1.29 is 4.79 Å². The van der Waals surface area contributed by atoms with Gasteiger partial charge in [-0.05, 0) is 63.7 Å². The molecule has 0 aliphatic carbocycles. The number of carbonyl (C=O) groups excluding carboxylic acids is 1. The van der Waals surface area contributed by atoms with E-state index in [1.165, 1.54) is 11.3 Å². The van der Waals surface area contributed by atoms with Gasteiger partial charge in [0.2, 0.25) is 0 Å². The molecule has 0 saturated carbocycles. The van der Waals surface area contributed by atoms with Crippen LogP contribution in [0.25, 0.3) is 0 Å². The molecule has 1 aromatic heterocycles.